The number of hydrogen-bond acceptors (Lipinski definition) is 2. The monoisotopic (exact) mass is 207 g/mol. The second-order valence-electron chi connectivity index (χ2n) is 3.31. The van der Waals surface area contributed by atoms with Crippen molar-refractivity contribution in [2.24, 2.45) is 0 Å². The van der Waals surface area contributed by atoms with Crippen LogP contribution in [0.15, 0.2) is 30.9 Å². The van der Waals surface area contributed by atoms with Gasteiger partial charge in [-0.15, -0.1) is 6.58 Å². The standard InChI is InChI=1S/C12H14FNO/c1-3-9(12(15)4-2)10-6-5-8(13)7-11(10)14/h3,5-7,9H,1,4,14H2,2H3. The van der Waals surface area contributed by atoms with E-state index >= 15 is 0 Å². The van der Waals surface area contributed by atoms with Crippen molar-refractivity contribution in [1.82, 2.24) is 0 Å². The normalized spacial score (nSPS) is 12.1. The van der Waals surface area contributed by atoms with Gasteiger partial charge in [-0.1, -0.05) is 19.1 Å². The lowest BCUT2D eigenvalue weighted by molar-refractivity contribution is -0.119. The van der Waals surface area contributed by atoms with Gasteiger partial charge in [0.05, 0.1) is 5.92 Å². The molecule has 0 saturated carbocycles. The fraction of sp³-hybridized carbons (Fsp3) is 0.250. The van der Waals surface area contributed by atoms with E-state index in [1.165, 1.54) is 24.3 Å². The minimum Gasteiger partial charge on any atom is -0.398 e. The van der Waals surface area contributed by atoms with Crippen molar-refractivity contribution in [1.29, 1.82) is 0 Å². The van der Waals surface area contributed by atoms with Crippen LogP contribution < -0.4 is 5.73 Å². The van der Waals surface area contributed by atoms with Gasteiger partial charge in [0, 0.05) is 12.1 Å². The summed E-state index contributed by atoms with van der Waals surface area (Å²) >= 11 is 0. The minimum atomic E-state index is -0.435. The zero-order valence-corrected chi connectivity index (χ0v) is 8.66. The highest BCUT2D eigenvalue weighted by atomic mass is 19.1. The number of carbonyl (C=O) groups is 1. The van der Waals surface area contributed by atoms with E-state index in [1.807, 2.05) is 0 Å². The molecule has 1 rings (SSSR count). The average molecular weight is 207 g/mol. The summed E-state index contributed by atoms with van der Waals surface area (Å²) < 4.78 is 12.8. The molecule has 2 N–H and O–H groups in total. The fourth-order valence-corrected chi connectivity index (χ4v) is 1.48. The van der Waals surface area contributed by atoms with Crippen molar-refractivity contribution in [3.8, 4) is 0 Å². The highest BCUT2D eigenvalue weighted by Crippen LogP contribution is 2.25. The van der Waals surface area contributed by atoms with Crippen molar-refractivity contribution in [2.45, 2.75) is 19.3 Å². The molecule has 1 aromatic carbocycles. The van der Waals surface area contributed by atoms with E-state index in [4.69, 9.17) is 5.73 Å². The minimum absolute atomic E-state index is 0.0308. The van der Waals surface area contributed by atoms with Crippen molar-refractivity contribution in [3.05, 3.63) is 42.2 Å². The number of rotatable bonds is 4. The van der Waals surface area contributed by atoms with Gasteiger partial charge < -0.3 is 5.73 Å². The molecule has 1 atom stereocenters. The Kier molecular flexibility index (Phi) is 3.61. The molecule has 15 heavy (non-hydrogen) atoms. The Morgan fingerprint density at radius 1 is 1.67 bits per heavy atom. The molecule has 0 saturated heterocycles. The van der Waals surface area contributed by atoms with E-state index in [9.17, 15) is 9.18 Å². The van der Waals surface area contributed by atoms with Crippen LogP contribution in [0.25, 0.3) is 0 Å². The molecule has 0 amide bonds. The third-order valence-corrected chi connectivity index (χ3v) is 2.31. The maximum absolute atomic E-state index is 12.8. The van der Waals surface area contributed by atoms with E-state index in [-0.39, 0.29) is 5.78 Å². The number of hydrogen-bond donors (Lipinski definition) is 1. The number of nitrogen functional groups attached to an aromatic ring is 1. The number of anilines is 1. The van der Waals surface area contributed by atoms with Crippen LogP contribution in [0.1, 0.15) is 24.8 Å². The lowest BCUT2D eigenvalue weighted by atomic mass is 9.92. The lowest BCUT2D eigenvalue weighted by Crippen LogP contribution is -2.11. The first-order valence-electron chi connectivity index (χ1n) is 4.80. The van der Waals surface area contributed by atoms with Crippen LogP contribution >= 0.6 is 0 Å². The first kappa shape index (κ1) is 11.4. The van der Waals surface area contributed by atoms with E-state index in [1.54, 1.807) is 6.92 Å². The third kappa shape index (κ3) is 2.43. The Bertz CT molecular complexity index is 387. The second kappa shape index (κ2) is 4.73. The molecular weight excluding hydrogens is 193 g/mol. The van der Waals surface area contributed by atoms with Gasteiger partial charge in [0.25, 0.3) is 0 Å². The maximum Gasteiger partial charge on any atom is 0.143 e. The molecule has 0 radical (unpaired) electrons. The smallest absolute Gasteiger partial charge is 0.143 e. The topological polar surface area (TPSA) is 43.1 Å². The van der Waals surface area contributed by atoms with Gasteiger partial charge in [-0.3, -0.25) is 4.79 Å². The average Bonchev–Trinajstić information content (AvgIpc) is 2.21. The summed E-state index contributed by atoms with van der Waals surface area (Å²) in [5.41, 5.74) is 6.57. The summed E-state index contributed by atoms with van der Waals surface area (Å²) in [5, 5.41) is 0. The Morgan fingerprint density at radius 3 is 2.80 bits per heavy atom. The first-order valence-corrected chi connectivity index (χ1v) is 4.80. The van der Waals surface area contributed by atoms with Crippen LogP contribution in [0, 0.1) is 5.82 Å². The summed E-state index contributed by atoms with van der Waals surface area (Å²) in [6, 6.07) is 4.05. The highest BCUT2D eigenvalue weighted by molar-refractivity contribution is 5.88. The molecule has 80 valence electrons. The van der Waals surface area contributed by atoms with Crippen LogP contribution in [0.3, 0.4) is 0 Å². The molecule has 0 aromatic heterocycles. The van der Waals surface area contributed by atoms with Crippen molar-refractivity contribution in [2.75, 3.05) is 5.73 Å². The summed E-state index contributed by atoms with van der Waals surface area (Å²) in [6.07, 6.45) is 1.95. The molecular formula is C12H14FNO. The van der Waals surface area contributed by atoms with Crippen LogP contribution in [-0.4, -0.2) is 5.78 Å². The summed E-state index contributed by atoms with van der Waals surface area (Å²) in [6.45, 7) is 5.38. The fourth-order valence-electron chi connectivity index (χ4n) is 1.48. The molecule has 1 unspecified atom stereocenters. The number of benzene rings is 1. The van der Waals surface area contributed by atoms with Crippen LogP contribution in [0.4, 0.5) is 10.1 Å². The van der Waals surface area contributed by atoms with Gasteiger partial charge in [-0.05, 0) is 17.7 Å². The molecule has 0 fully saturated rings. The number of ketones is 1. The molecule has 1 aromatic rings. The molecule has 0 spiro atoms. The van der Waals surface area contributed by atoms with Gasteiger partial charge in [0.2, 0.25) is 0 Å². The lowest BCUT2D eigenvalue weighted by Gasteiger charge is -2.13. The zero-order valence-electron chi connectivity index (χ0n) is 8.66. The predicted molar refractivity (Wildman–Crippen MR) is 59.0 cm³/mol. The Labute approximate surface area is 88.6 Å². The largest absolute Gasteiger partial charge is 0.398 e. The van der Waals surface area contributed by atoms with Gasteiger partial charge in [0.1, 0.15) is 11.6 Å². The van der Waals surface area contributed by atoms with Crippen molar-refractivity contribution in [3.63, 3.8) is 0 Å². The number of Topliss-reactive ketones (excluding diaryl/α,β-unsaturated/α-hetero) is 1. The summed E-state index contributed by atoms with van der Waals surface area (Å²) in [4.78, 5) is 11.6. The molecule has 0 aliphatic heterocycles. The molecule has 0 bridgehead atoms. The SMILES string of the molecule is C=CC(C(=O)CC)c1ccc(F)cc1N. The molecule has 3 heteroatoms. The number of halogens is 1. The van der Waals surface area contributed by atoms with Gasteiger partial charge in [-0.25, -0.2) is 4.39 Å². The Hall–Kier alpha value is -1.64. The summed E-state index contributed by atoms with van der Waals surface area (Å²) in [5.74, 6) is -0.804. The van der Waals surface area contributed by atoms with E-state index < -0.39 is 11.7 Å². The predicted octanol–water partition coefficient (Wildman–Crippen LogP) is 2.66. The number of carbonyl (C=O) groups excluding carboxylic acids is 1. The van der Waals surface area contributed by atoms with Gasteiger partial charge in [-0.2, -0.15) is 0 Å². The molecule has 0 aliphatic rings. The maximum atomic E-state index is 12.8. The Morgan fingerprint density at radius 2 is 2.33 bits per heavy atom. The van der Waals surface area contributed by atoms with Gasteiger partial charge in [0.15, 0.2) is 0 Å². The van der Waals surface area contributed by atoms with Crippen LogP contribution in [0.2, 0.25) is 0 Å². The highest BCUT2D eigenvalue weighted by Gasteiger charge is 2.17. The van der Waals surface area contributed by atoms with Crippen LogP contribution in [-0.2, 0) is 4.79 Å². The van der Waals surface area contributed by atoms with E-state index in [0.29, 0.717) is 17.7 Å². The summed E-state index contributed by atoms with van der Waals surface area (Å²) in [7, 11) is 0. The third-order valence-electron chi connectivity index (χ3n) is 2.31. The second-order valence-corrected chi connectivity index (χ2v) is 3.31. The van der Waals surface area contributed by atoms with Crippen molar-refractivity contribution >= 4 is 11.5 Å². The quantitative estimate of drug-likeness (QED) is 0.609. The molecule has 0 aliphatic carbocycles. The van der Waals surface area contributed by atoms with Crippen molar-refractivity contribution < 1.29 is 9.18 Å². The number of nitrogens with two attached hydrogens (primary N) is 1. The van der Waals surface area contributed by atoms with Gasteiger partial charge >= 0.3 is 0 Å². The van der Waals surface area contributed by atoms with E-state index in [0.717, 1.165) is 0 Å². The molecule has 2 nitrogen and oxygen atoms in total. The Balaban J connectivity index is 3.12. The first-order chi connectivity index (χ1) is 7.10. The van der Waals surface area contributed by atoms with Crippen LogP contribution in [0.5, 0.6) is 0 Å². The number of allylic oxidation sites excluding steroid dienone is 1. The zero-order chi connectivity index (χ0) is 11.4. The molecule has 0 heterocycles. The van der Waals surface area contributed by atoms with E-state index in [2.05, 4.69) is 6.58 Å².